The van der Waals surface area contributed by atoms with Crippen molar-refractivity contribution in [3.8, 4) is 0 Å². The zero-order valence-electron chi connectivity index (χ0n) is 12.1. The predicted octanol–water partition coefficient (Wildman–Crippen LogP) is 3.25. The molecule has 0 aromatic heterocycles. The molecule has 0 aliphatic carbocycles. The fourth-order valence-corrected chi connectivity index (χ4v) is 2.04. The SMILES string of the molecule is COC(CNC(=O)c1ccc(C)cc1)c1cccc(F)c1. The summed E-state index contributed by atoms with van der Waals surface area (Å²) in [5, 5.41) is 2.80. The molecule has 0 spiro atoms. The quantitative estimate of drug-likeness (QED) is 0.916. The minimum Gasteiger partial charge on any atom is -0.375 e. The van der Waals surface area contributed by atoms with Crippen LogP contribution in [0.4, 0.5) is 4.39 Å². The van der Waals surface area contributed by atoms with Crippen molar-refractivity contribution in [3.05, 3.63) is 71.0 Å². The van der Waals surface area contributed by atoms with Crippen LogP contribution in [0.2, 0.25) is 0 Å². The van der Waals surface area contributed by atoms with E-state index in [9.17, 15) is 9.18 Å². The Labute approximate surface area is 123 Å². The normalized spacial score (nSPS) is 12.0. The zero-order chi connectivity index (χ0) is 15.2. The Balaban J connectivity index is 2.00. The molecular weight excluding hydrogens is 269 g/mol. The van der Waals surface area contributed by atoms with Crippen LogP contribution in [0.25, 0.3) is 0 Å². The van der Waals surface area contributed by atoms with E-state index in [2.05, 4.69) is 5.32 Å². The molecule has 1 amide bonds. The highest BCUT2D eigenvalue weighted by molar-refractivity contribution is 5.94. The van der Waals surface area contributed by atoms with E-state index in [0.29, 0.717) is 11.1 Å². The second-order valence-electron chi connectivity index (χ2n) is 4.86. The van der Waals surface area contributed by atoms with E-state index < -0.39 is 0 Å². The lowest BCUT2D eigenvalue weighted by Crippen LogP contribution is -2.29. The Morgan fingerprint density at radius 2 is 1.95 bits per heavy atom. The summed E-state index contributed by atoms with van der Waals surface area (Å²) < 4.78 is 18.5. The van der Waals surface area contributed by atoms with Gasteiger partial charge in [0.15, 0.2) is 0 Å². The molecule has 2 rings (SSSR count). The molecule has 1 atom stereocenters. The van der Waals surface area contributed by atoms with Crippen LogP contribution in [-0.4, -0.2) is 19.6 Å². The first-order chi connectivity index (χ1) is 10.1. The van der Waals surface area contributed by atoms with Crippen LogP contribution in [0.3, 0.4) is 0 Å². The van der Waals surface area contributed by atoms with E-state index in [-0.39, 0.29) is 24.4 Å². The molecule has 110 valence electrons. The first-order valence-corrected chi connectivity index (χ1v) is 6.73. The van der Waals surface area contributed by atoms with Gasteiger partial charge in [-0.05, 0) is 36.8 Å². The lowest BCUT2D eigenvalue weighted by molar-refractivity contribution is 0.0827. The first-order valence-electron chi connectivity index (χ1n) is 6.73. The molecule has 0 radical (unpaired) electrons. The average Bonchev–Trinajstić information content (AvgIpc) is 2.48. The summed E-state index contributed by atoms with van der Waals surface area (Å²) in [5.41, 5.74) is 2.39. The number of halogens is 1. The molecule has 0 bridgehead atoms. The molecule has 1 unspecified atom stereocenters. The highest BCUT2D eigenvalue weighted by Gasteiger charge is 2.13. The number of hydrogen-bond donors (Lipinski definition) is 1. The summed E-state index contributed by atoms with van der Waals surface area (Å²) in [5.74, 6) is -0.493. The third-order valence-electron chi connectivity index (χ3n) is 3.27. The van der Waals surface area contributed by atoms with Gasteiger partial charge in [-0.25, -0.2) is 4.39 Å². The minimum atomic E-state index is -0.380. The Morgan fingerprint density at radius 3 is 2.57 bits per heavy atom. The standard InChI is InChI=1S/C17H18FNO2/c1-12-6-8-13(9-7-12)17(20)19-11-16(21-2)14-4-3-5-15(18)10-14/h3-10,16H,11H2,1-2H3,(H,19,20). The third-order valence-corrected chi connectivity index (χ3v) is 3.27. The number of carbonyl (C=O) groups is 1. The number of aryl methyl sites for hydroxylation is 1. The van der Waals surface area contributed by atoms with Gasteiger partial charge in [0.25, 0.3) is 5.91 Å². The van der Waals surface area contributed by atoms with Crippen LogP contribution < -0.4 is 5.32 Å². The molecule has 21 heavy (non-hydrogen) atoms. The van der Waals surface area contributed by atoms with Crippen molar-refractivity contribution in [2.45, 2.75) is 13.0 Å². The fraction of sp³-hybridized carbons (Fsp3) is 0.235. The third kappa shape index (κ3) is 4.13. The molecule has 0 heterocycles. The summed E-state index contributed by atoms with van der Waals surface area (Å²) in [6.07, 6.45) is -0.380. The minimum absolute atomic E-state index is 0.173. The number of nitrogens with one attached hydrogen (secondary N) is 1. The Morgan fingerprint density at radius 1 is 1.24 bits per heavy atom. The smallest absolute Gasteiger partial charge is 0.251 e. The van der Waals surface area contributed by atoms with Gasteiger partial charge in [-0.1, -0.05) is 29.8 Å². The zero-order valence-corrected chi connectivity index (χ0v) is 12.1. The molecular formula is C17H18FNO2. The Hall–Kier alpha value is -2.20. The lowest BCUT2D eigenvalue weighted by Gasteiger charge is -2.16. The van der Waals surface area contributed by atoms with Gasteiger partial charge >= 0.3 is 0 Å². The molecule has 0 fully saturated rings. The van der Waals surface area contributed by atoms with Crippen LogP contribution in [0.15, 0.2) is 48.5 Å². The van der Waals surface area contributed by atoms with Gasteiger partial charge in [0, 0.05) is 19.2 Å². The van der Waals surface area contributed by atoms with Crippen LogP contribution in [0, 0.1) is 12.7 Å². The van der Waals surface area contributed by atoms with E-state index in [0.717, 1.165) is 5.56 Å². The highest BCUT2D eigenvalue weighted by atomic mass is 19.1. The fourth-order valence-electron chi connectivity index (χ4n) is 2.04. The van der Waals surface area contributed by atoms with Crippen molar-refractivity contribution < 1.29 is 13.9 Å². The Bertz CT molecular complexity index is 610. The van der Waals surface area contributed by atoms with E-state index in [1.807, 2.05) is 19.1 Å². The van der Waals surface area contributed by atoms with Crippen molar-refractivity contribution in [3.63, 3.8) is 0 Å². The topological polar surface area (TPSA) is 38.3 Å². The number of ether oxygens (including phenoxy) is 1. The summed E-state index contributed by atoms with van der Waals surface area (Å²) in [6, 6.07) is 13.5. The molecule has 4 heteroatoms. The second-order valence-corrected chi connectivity index (χ2v) is 4.86. The van der Waals surface area contributed by atoms with Crippen molar-refractivity contribution in [1.82, 2.24) is 5.32 Å². The molecule has 0 aliphatic heterocycles. The van der Waals surface area contributed by atoms with Gasteiger partial charge < -0.3 is 10.1 Å². The number of rotatable bonds is 5. The monoisotopic (exact) mass is 287 g/mol. The summed E-state index contributed by atoms with van der Waals surface area (Å²) >= 11 is 0. The van der Waals surface area contributed by atoms with Crippen molar-refractivity contribution >= 4 is 5.91 Å². The molecule has 0 saturated carbocycles. The van der Waals surface area contributed by atoms with E-state index >= 15 is 0 Å². The van der Waals surface area contributed by atoms with Crippen molar-refractivity contribution in [1.29, 1.82) is 0 Å². The summed E-state index contributed by atoms with van der Waals surface area (Å²) in [7, 11) is 1.54. The number of amides is 1. The van der Waals surface area contributed by atoms with Crippen molar-refractivity contribution in [2.75, 3.05) is 13.7 Å². The van der Waals surface area contributed by atoms with Crippen LogP contribution in [0.1, 0.15) is 27.6 Å². The summed E-state index contributed by atoms with van der Waals surface area (Å²) in [4.78, 5) is 12.0. The molecule has 2 aromatic carbocycles. The maximum absolute atomic E-state index is 13.2. The second kappa shape index (κ2) is 6.99. The Kier molecular flexibility index (Phi) is 5.06. The van der Waals surface area contributed by atoms with Crippen LogP contribution in [-0.2, 0) is 4.74 Å². The first kappa shape index (κ1) is 15.2. The predicted molar refractivity (Wildman–Crippen MR) is 79.7 cm³/mol. The van der Waals surface area contributed by atoms with Crippen molar-refractivity contribution in [2.24, 2.45) is 0 Å². The number of hydrogen-bond acceptors (Lipinski definition) is 2. The van der Waals surface area contributed by atoms with E-state index in [4.69, 9.17) is 4.74 Å². The van der Waals surface area contributed by atoms with E-state index in [1.54, 1.807) is 24.3 Å². The van der Waals surface area contributed by atoms with Gasteiger partial charge in [0.05, 0.1) is 6.10 Å². The number of carbonyl (C=O) groups excluding carboxylic acids is 1. The largest absolute Gasteiger partial charge is 0.375 e. The molecule has 1 N–H and O–H groups in total. The molecule has 0 saturated heterocycles. The molecule has 2 aromatic rings. The maximum atomic E-state index is 13.2. The van der Waals surface area contributed by atoms with Gasteiger partial charge in [-0.15, -0.1) is 0 Å². The number of methoxy groups -OCH3 is 1. The van der Waals surface area contributed by atoms with Gasteiger partial charge in [-0.2, -0.15) is 0 Å². The highest BCUT2D eigenvalue weighted by Crippen LogP contribution is 2.16. The van der Waals surface area contributed by atoms with Crippen LogP contribution >= 0.6 is 0 Å². The van der Waals surface area contributed by atoms with Gasteiger partial charge in [-0.3, -0.25) is 4.79 Å². The number of benzene rings is 2. The lowest BCUT2D eigenvalue weighted by atomic mass is 10.1. The van der Waals surface area contributed by atoms with Gasteiger partial charge in [0.2, 0.25) is 0 Å². The van der Waals surface area contributed by atoms with Crippen LogP contribution in [0.5, 0.6) is 0 Å². The summed E-state index contributed by atoms with van der Waals surface area (Å²) in [6.45, 7) is 2.25. The molecule has 3 nitrogen and oxygen atoms in total. The average molecular weight is 287 g/mol. The van der Waals surface area contributed by atoms with Gasteiger partial charge in [0.1, 0.15) is 5.82 Å². The molecule has 0 aliphatic rings. The maximum Gasteiger partial charge on any atom is 0.251 e. The van der Waals surface area contributed by atoms with E-state index in [1.165, 1.54) is 19.2 Å².